The molecule has 0 bridgehead atoms. The summed E-state index contributed by atoms with van der Waals surface area (Å²) in [6.45, 7) is 20.8. The number of methoxy groups -OCH3 is 1. The van der Waals surface area contributed by atoms with Crippen LogP contribution in [0.15, 0.2) is 18.3 Å². The third kappa shape index (κ3) is 4.86. The average Bonchev–Trinajstić information content (AvgIpc) is 3.42. The highest BCUT2D eigenvalue weighted by Crippen LogP contribution is 2.41. The number of hydrogen-bond donors (Lipinski definition) is 0. The summed E-state index contributed by atoms with van der Waals surface area (Å²) in [6.07, 6.45) is 2.08. The first-order valence-electron chi connectivity index (χ1n) is 13.4. The summed E-state index contributed by atoms with van der Waals surface area (Å²) in [4.78, 5) is 14.9. The number of imidazole rings is 1. The molecule has 3 aromatic rings. The van der Waals surface area contributed by atoms with Gasteiger partial charge in [-0.25, -0.2) is 14.6 Å². The predicted octanol–water partition coefficient (Wildman–Crippen LogP) is 4.58. The normalized spacial score (nSPS) is 17.8. The molecular weight excluding hydrogens is 466 g/mol. The van der Waals surface area contributed by atoms with Crippen LogP contribution < -0.4 is 9.47 Å². The zero-order valence-corrected chi connectivity index (χ0v) is 23.6. The number of hydrogen-bond acceptors (Lipinski definition) is 7. The maximum atomic E-state index is 6.18. The summed E-state index contributed by atoms with van der Waals surface area (Å²) in [5, 5.41) is 4.59. The van der Waals surface area contributed by atoms with Crippen LogP contribution >= 0.6 is 0 Å². The number of ether oxygens (including phenoxy) is 2. The van der Waals surface area contributed by atoms with Gasteiger partial charge in [-0.1, -0.05) is 0 Å². The highest BCUT2D eigenvalue weighted by molar-refractivity contribution is 5.71. The van der Waals surface area contributed by atoms with Gasteiger partial charge < -0.3 is 14.0 Å². The largest absolute Gasteiger partial charge is 0.496 e. The topological polar surface area (TPSA) is 73.5 Å². The van der Waals surface area contributed by atoms with Gasteiger partial charge in [0.15, 0.2) is 5.82 Å². The number of nitrogens with zero attached hydrogens (tertiary/aromatic N) is 7. The van der Waals surface area contributed by atoms with Crippen LogP contribution in [0.5, 0.6) is 11.5 Å². The van der Waals surface area contributed by atoms with Crippen molar-refractivity contribution in [1.82, 2.24) is 34.1 Å². The van der Waals surface area contributed by atoms with E-state index in [1.807, 2.05) is 17.7 Å². The number of rotatable bonds is 5. The molecule has 1 aromatic carbocycles. The van der Waals surface area contributed by atoms with Crippen molar-refractivity contribution in [2.24, 2.45) is 0 Å². The van der Waals surface area contributed by atoms with Crippen molar-refractivity contribution in [2.75, 3.05) is 39.9 Å². The van der Waals surface area contributed by atoms with Crippen LogP contribution in [0.2, 0.25) is 0 Å². The molecule has 37 heavy (non-hydrogen) atoms. The minimum Gasteiger partial charge on any atom is -0.496 e. The highest BCUT2D eigenvalue weighted by Gasteiger charge is 2.31. The van der Waals surface area contributed by atoms with Gasteiger partial charge in [0, 0.05) is 61.6 Å². The second-order valence-electron chi connectivity index (χ2n) is 11.5. The summed E-state index contributed by atoms with van der Waals surface area (Å²) >= 11 is 0. The zero-order valence-electron chi connectivity index (χ0n) is 23.6. The van der Waals surface area contributed by atoms with Crippen molar-refractivity contribution < 1.29 is 9.47 Å². The first kappa shape index (κ1) is 25.7. The summed E-state index contributed by atoms with van der Waals surface area (Å²) in [5.41, 5.74) is 3.18. The SMILES string of the molecule is COc1cc2c(cc1[C@H](C)N1CCN(C(C)(C)C)CC1)-c1nc(-c3nc(C)nn3C(C)C)cn1CCO2. The Labute approximate surface area is 220 Å². The van der Waals surface area contributed by atoms with Crippen LogP contribution in [0.25, 0.3) is 22.9 Å². The molecule has 0 spiro atoms. The third-order valence-corrected chi connectivity index (χ3v) is 7.66. The van der Waals surface area contributed by atoms with Crippen LogP contribution in [0.4, 0.5) is 0 Å². The van der Waals surface area contributed by atoms with E-state index in [4.69, 9.17) is 19.4 Å². The Balaban J connectivity index is 1.51. The summed E-state index contributed by atoms with van der Waals surface area (Å²) < 4.78 is 16.2. The minimum atomic E-state index is 0.196. The van der Waals surface area contributed by atoms with Crippen molar-refractivity contribution >= 4 is 0 Å². The Bertz CT molecular complexity index is 1260. The maximum absolute atomic E-state index is 6.18. The Hall–Kier alpha value is -2.91. The molecule has 1 saturated heterocycles. The molecular formula is C28H41N7O2. The van der Waals surface area contributed by atoms with Crippen molar-refractivity contribution in [3.8, 4) is 34.4 Å². The second kappa shape index (κ2) is 9.76. The lowest BCUT2D eigenvalue weighted by molar-refractivity contribution is 0.0449. The van der Waals surface area contributed by atoms with E-state index < -0.39 is 0 Å². The maximum Gasteiger partial charge on any atom is 0.178 e. The third-order valence-electron chi connectivity index (χ3n) is 7.66. The summed E-state index contributed by atoms with van der Waals surface area (Å²) in [7, 11) is 1.74. The Morgan fingerprint density at radius 1 is 0.973 bits per heavy atom. The lowest BCUT2D eigenvalue weighted by Gasteiger charge is -2.44. The van der Waals surface area contributed by atoms with Crippen molar-refractivity contribution in [1.29, 1.82) is 0 Å². The quantitative estimate of drug-likeness (QED) is 0.501. The lowest BCUT2D eigenvalue weighted by Crippen LogP contribution is -2.53. The molecule has 0 aliphatic carbocycles. The Kier molecular flexibility index (Phi) is 6.79. The van der Waals surface area contributed by atoms with Crippen LogP contribution in [-0.4, -0.2) is 79.5 Å². The molecule has 1 atom stereocenters. The first-order chi connectivity index (χ1) is 17.6. The van der Waals surface area contributed by atoms with Gasteiger partial charge in [-0.3, -0.25) is 9.80 Å². The smallest absolute Gasteiger partial charge is 0.178 e. The van der Waals surface area contributed by atoms with Gasteiger partial charge in [0.25, 0.3) is 0 Å². The molecule has 2 aliphatic rings. The van der Waals surface area contributed by atoms with Crippen LogP contribution in [0, 0.1) is 6.92 Å². The standard InChI is InChI=1S/C28H41N7O2/c1-18(2)35-27(29-20(4)31-35)23-17-33-13-14-37-25-16-24(36-8)21(15-22(25)26(33)30-23)19(3)32-9-11-34(12-10-32)28(5,6)7/h15-19H,9-14H2,1-8H3/t19-/m0/s1. The van der Waals surface area contributed by atoms with E-state index in [2.05, 4.69) is 73.3 Å². The fourth-order valence-corrected chi connectivity index (χ4v) is 5.48. The molecule has 0 unspecified atom stereocenters. The fraction of sp³-hybridized carbons (Fsp3) is 0.607. The predicted molar refractivity (Wildman–Crippen MR) is 145 cm³/mol. The molecule has 9 heteroatoms. The van der Waals surface area contributed by atoms with E-state index in [0.29, 0.717) is 13.2 Å². The molecule has 2 aromatic heterocycles. The zero-order chi connectivity index (χ0) is 26.5. The molecule has 5 rings (SSSR count). The number of fused-ring (bicyclic) bond motifs is 3. The molecule has 9 nitrogen and oxygen atoms in total. The van der Waals surface area contributed by atoms with E-state index in [1.54, 1.807) is 7.11 Å². The number of benzene rings is 1. The first-order valence-corrected chi connectivity index (χ1v) is 13.4. The minimum absolute atomic E-state index is 0.196. The van der Waals surface area contributed by atoms with Crippen LogP contribution in [0.1, 0.15) is 65.0 Å². The summed E-state index contributed by atoms with van der Waals surface area (Å²) in [6, 6.07) is 4.67. The fourth-order valence-electron chi connectivity index (χ4n) is 5.48. The van der Waals surface area contributed by atoms with Gasteiger partial charge in [-0.15, -0.1) is 0 Å². The molecule has 0 radical (unpaired) electrons. The molecule has 0 saturated carbocycles. The van der Waals surface area contributed by atoms with E-state index in [0.717, 1.165) is 72.0 Å². The molecule has 200 valence electrons. The molecule has 2 aliphatic heterocycles. The van der Waals surface area contributed by atoms with E-state index in [-0.39, 0.29) is 17.6 Å². The van der Waals surface area contributed by atoms with E-state index in [1.165, 1.54) is 0 Å². The van der Waals surface area contributed by atoms with Gasteiger partial charge in [-0.2, -0.15) is 5.10 Å². The van der Waals surface area contributed by atoms with Crippen LogP contribution in [0.3, 0.4) is 0 Å². The van der Waals surface area contributed by atoms with Gasteiger partial charge in [-0.05, 0) is 54.5 Å². The number of aryl methyl sites for hydroxylation is 1. The van der Waals surface area contributed by atoms with Gasteiger partial charge in [0.05, 0.1) is 19.2 Å². The number of aromatic nitrogens is 5. The molecule has 0 amide bonds. The number of piperazine rings is 1. The highest BCUT2D eigenvalue weighted by atomic mass is 16.5. The molecule has 1 fully saturated rings. The van der Waals surface area contributed by atoms with Crippen molar-refractivity contribution in [3.05, 3.63) is 29.7 Å². The van der Waals surface area contributed by atoms with Crippen molar-refractivity contribution in [2.45, 2.75) is 72.6 Å². The van der Waals surface area contributed by atoms with Crippen LogP contribution in [-0.2, 0) is 6.54 Å². The van der Waals surface area contributed by atoms with E-state index >= 15 is 0 Å². The molecule has 0 N–H and O–H groups in total. The van der Waals surface area contributed by atoms with Gasteiger partial charge in [0.2, 0.25) is 0 Å². The lowest BCUT2D eigenvalue weighted by atomic mass is 9.99. The Morgan fingerprint density at radius 2 is 1.70 bits per heavy atom. The molecule has 4 heterocycles. The van der Waals surface area contributed by atoms with Crippen molar-refractivity contribution in [3.63, 3.8) is 0 Å². The monoisotopic (exact) mass is 507 g/mol. The summed E-state index contributed by atoms with van der Waals surface area (Å²) in [5.74, 6) is 4.12. The van der Waals surface area contributed by atoms with Gasteiger partial charge >= 0.3 is 0 Å². The second-order valence-corrected chi connectivity index (χ2v) is 11.5. The Morgan fingerprint density at radius 3 is 2.35 bits per heavy atom. The van der Waals surface area contributed by atoms with E-state index in [9.17, 15) is 0 Å². The average molecular weight is 508 g/mol. The van der Waals surface area contributed by atoms with Gasteiger partial charge in [0.1, 0.15) is 35.4 Å².